The molecule has 0 aliphatic heterocycles. The van der Waals surface area contributed by atoms with Gasteiger partial charge in [-0.05, 0) is 38.0 Å². The fourth-order valence-electron chi connectivity index (χ4n) is 1.45. The summed E-state index contributed by atoms with van der Waals surface area (Å²) in [5.41, 5.74) is -0.226. The summed E-state index contributed by atoms with van der Waals surface area (Å²) in [7, 11) is 0. The third-order valence-corrected chi connectivity index (χ3v) is 2.86. The molecule has 0 fully saturated rings. The lowest BCUT2D eigenvalue weighted by molar-refractivity contribution is -0.146. The first-order valence-electron chi connectivity index (χ1n) is 6.31. The van der Waals surface area contributed by atoms with Gasteiger partial charge in [0.2, 0.25) is 0 Å². The zero-order valence-corrected chi connectivity index (χ0v) is 11.6. The number of carboxylic acids is 1. The first kappa shape index (κ1) is 15.9. The predicted molar refractivity (Wildman–Crippen MR) is 72.9 cm³/mol. The fourth-order valence-corrected chi connectivity index (χ4v) is 1.45. The molecule has 3 N–H and O–H groups in total. The number of carbonyl (C=O) groups is 2. The monoisotopic (exact) mass is 282 g/mol. The maximum absolute atomic E-state index is 12.9. The third kappa shape index (κ3) is 5.26. The minimum Gasteiger partial charge on any atom is -0.481 e. The number of aliphatic carboxylic acids is 1. The number of amides is 2. The van der Waals surface area contributed by atoms with E-state index in [1.165, 1.54) is 26.0 Å². The molecule has 0 atom stereocenters. The highest BCUT2D eigenvalue weighted by Crippen LogP contribution is 2.12. The molecule has 0 saturated heterocycles. The number of carbonyl (C=O) groups excluding carboxylic acids is 1. The molecule has 20 heavy (non-hydrogen) atoms. The number of halogens is 1. The Morgan fingerprint density at radius 3 is 2.60 bits per heavy atom. The first-order chi connectivity index (χ1) is 9.31. The van der Waals surface area contributed by atoms with E-state index in [-0.39, 0.29) is 12.4 Å². The van der Waals surface area contributed by atoms with Crippen LogP contribution in [-0.2, 0) is 11.2 Å². The van der Waals surface area contributed by atoms with E-state index in [9.17, 15) is 14.0 Å². The van der Waals surface area contributed by atoms with Crippen molar-refractivity contribution in [2.45, 2.75) is 20.3 Å². The van der Waals surface area contributed by atoms with Crippen molar-refractivity contribution >= 4 is 12.0 Å². The van der Waals surface area contributed by atoms with Crippen LogP contribution < -0.4 is 10.6 Å². The summed E-state index contributed by atoms with van der Waals surface area (Å²) in [4.78, 5) is 22.3. The molecule has 1 aromatic carbocycles. The molecule has 0 heterocycles. The number of hydrogen-bond donors (Lipinski definition) is 3. The maximum Gasteiger partial charge on any atom is 0.314 e. The molecule has 0 unspecified atom stereocenters. The highest BCUT2D eigenvalue weighted by Gasteiger charge is 2.27. The Kier molecular flexibility index (Phi) is 5.49. The van der Waals surface area contributed by atoms with Crippen molar-refractivity contribution in [3.63, 3.8) is 0 Å². The van der Waals surface area contributed by atoms with Gasteiger partial charge in [0.25, 0.3) is 0 Å². The number of carboxylic acid groups (broad SMARTS) is 1. The van der Waals surface area contributed by atoms with Crippen LogP contribution in [0.25, 0.3) is 0 Å². The molecule has 1 rings (SSSR count). The molecule has 0 saturated carbocycles. The number of benzene rings is 1. The largest absolute Gasteiger partial charge is 0.481 e. The number of nitrogens with one attached hydrogen (secondary N) is 2. The summed E-state index contributed by atoms with van der Waals surface area (Å²) in [6, 6.07) is 5.72. The topological polar surface area (TPSA) is 78.4 Å². The lowest BCUT2D eigenvalue weighted by Crippen LogP contribution is -2.43. The van der Waals surface area contributed by atoms with Crippen molar-refractivity contribution in [2.75, 3.05) is 13.1 Å². The Balaban J connectivity index is 2.29. The second-order valence-electron chi connectivity index (χ2n) is 5.18. The number of urea groups is 1. The van der Waals surface area contributed by atoms with Crippen molar-refractivity contribution in [3.8, 4) is 0 Å². The Labute approximate surface area is 117 Å². The van der Waals surface area contributed by atoms with Crippen molar-refractivity contribution in [1.29, 1.82) is 0 Å². The van der Waals surface area contributed by atoms with Crippen LogP contribution in [0.5, 0.6) is 0 Å². The zero-order chi connectivity index (χ0) is 15.2. The van der Waals surface area contributed by atoms with Crippen LogP contribution in [-0.4, -0.2) is 30.2 Å². The van der Waals surface area contributed by atoms with Gasteiger partial charge in [0, 0.05) is 13.1 Å². The summed E-state index contributed by atoms with van der Waals surface area (Å²) >= 11 is 0. The van der Waals surface area contributed by atoms with E-state index in [1.54, 1.807) is 12.1 Å². The van der Waals surface area contributed by atoms with Gasteiger partial charge in [0.15, 0.2) is 0 Å². The highest BCUT2D eigenvalue weighted by molar-refractivity contribution is 5.77. The van der Waals surface area contributed by atoms with E-state index in [4.69, 9.17) is 5.11 Å². The Morgan fingerprint density at radius 1 is 1.30 bits per heavy atom. The second kappa shape index (κ2) is 6.88. The summed E-state index contributed by atoms with van der Waals surface area (Å²) in [5.74, 6) is -1.28. The minimum absolute atomic E-state index is 0.0358. The van der Waals surface area contributed by atoms with Crippen LogP contribution in [0.1, 0.15) is 19.4 Å². The van der Waals surface area contributed by atoms with E-state index in [1.807, 2.05) is 0 Å². The minimum atomic E-state index is -1.01. The van der Waals surface area contributed by atoms with Crippen LogP contribution >= 0.6 is 0 Å². The van der Waals surface area contributed by atoms with Gasteiger partial charge in [-0.2, -0.15) is 0 Å². The van der Waals surface area contributed by atoms with Crippen LogP contribution in [0.2, 0.25) is 0 Å². The van der Waals surface area contributed by atoms with E-state index in [0.717, 1.165) is 5.56 Å². The standard InChI is InChI=1S/C14H19FN2O3/c1-14(2,12(18)19)9-17-13(20)16-7-6-10-4-3-5-11(15)8-10/h3-5,8H,6-7,9H2,1-2H3,(H,18,19)(H2,16,17,20). The maximum atomic E-state index is 12.9. The third-order valence-electron chi connectivity index (χ3n) is 2.86. The molecule has 0 radical (unpaired) electrons. The van der Waals surface area contributed by atoms with E-state index in [0.29, 0.717) is 13.0 Å². The molecule has 2 amide bonds. The number of rotatable bonds is 6. The van der Waals surface area contributed by atoms with Gasteiger partial charge in [-0.15, -0.1) is 0 Å². The molecule has 5 nitrogen and oxygen atoms in total. The van der Waals surface area contributed by atoms with Crippen molar-refractivity contribution < 1.29 is 19.1 Å². The van der Waals surface area contributed by atoms with Crippen molar-refractivity contribution in [3.05, 3.63) is 35.6 Å². The lowest BCUT2D eigenvalue weighted by atomic mass is 9.94. The van der Waals surface area contributed by atoms with Gasteiger partial charge >= 0.3 is 12.0 Å². The normalized spacial score (nSPS) is 10.9. The van der Waals surface area contributed by atoms with Crippen LogP contribution in [0.4, 0.5) is 9.18 Å². The fraction of sp³-hybridized carbons (Fsp3) is 0.429. The van der Waals surface area contributed by atoms with Gasteiger partial charge in [0.1, 0.15) is 5.82 Å². The average Bonchev–Trinajstić information content (AvgIpc) is 2.36. The van der Waals surface area contributed by atoms with E-state index in [2.05, 4.69) is 10.6 Å². The molecule has 0 spiro atoms. The summed E-state index contributed by atoms with van der Waals surface area (Å²) < 4.78 is 12.9. The SMILES string of the molecule is CC(C)(CNC(=O)NCCc1cccc(F)c1)C(=O)O. The van der Waals surface area contributed by atoms with Gasteiger partial charge in [-0.25, -0.2) is 9.18 Å². The molecule has 0 aromatic heterocycles. The molecule has 110 valence electrons. The molecule has 6 heteroatoms. The summed E-state index contributed by atoms with van der Waals surface area (Å²) in [6.45, 7) is 3.45. The predicted octanol–water partition coefficient (Wildman–Crippen LogP) is 1.78. The van der Waals surface area contributed by atoms with Gasteiger partial charge in [0.05, 0.1) is 5.41 Å². The average molecular weight is 282 g/mol. The number of hydrogen-bond acceptors (Lipinski definition) is 2. The molecular weight excluding hydrogens is 263 g/mol. The van der Waals surface area contributed by atoms with Crippen LogP contribution in [0, 0.1) is 11.2 Å². The second-order valence-corrected chi connectivity index (χ2v) is 5.18. The van der Waals surface area contributed by atoms with E-state index < -0.39 is 17.4 Å². The summed E-state index contributed by atoms with van der Waals surface area (Å²) in [5, 5.41) is 14.0. The zero-order valence-electron chi connectivity index (χ0n) is 11.6. The molecular formula is C14H19FN2O3. The van der Waals surface area contributed by atoms with Gasteiger partial charge in [-0.1, -0.05) is 12.1 Å². The Hall–Kier alpha value is -2.11. The summed E-state index contributed by atoms with van der Waals surface area (Å²) in [6.07, 6.45) is 0.507. The Morgan fingerprint density at radius 2 is 2.00 bits per heavy atom. The van der Waals surface area contributed by atoms with Crippen LogP contribution in [0.3, 0.4) is 0 Å². The molecule has 0 aliphatic rings. The van der Waals surface area contributed by atoms with Gasteiger partial charge < -0.3 is 15.7 Å². The Bertz CT molecular complexity index is 489. The first-order valence-corrected chi connectivity index (χ1v) is 6.31. The quantitative estimate of drug-likeness (QED) is 0.744. The van der Waals surface area contributed by atoms with Gasteiger partial charge in [-0.3, -0.25) is 4.79 Å². The lowest BCUT2D eigenvalue weighted by Gasteiger charge is -2.19. The molecule has 1 aromatic rings. The smallest absolute Gasteiger partial charge is 0.314 e. The van der Waals surface area contributed by atoms with Crippen LogP contribution in [0.15, 0.2) is 24.3 Å². The molecule has 0 aliphatic carbocycles. The van der Waals surface area contributed by atoms with Crippen molar-refractivity contribution in [1.82, 2.24) is 10.6 Å². The highest BCUT2D eigenvalue weighted by atomic mass is 19.1. The van der Waals surface area contributed by atoms with Crippen molar-refractivity contribution in [2.24, 2.45) is 5.41 Å². The molecule has 0 bridgehead atoms. The van der Waals surface area contributed by atoms with E-state index >= 15 is 0 Å².